The highest BCUT2D eigenvalue weighted by Crippen LogP contribution is 2.16. The van der Waals surface area contributed by atoms with E-state index in [9.17, 15) is 0 Å². The predicted molar refractivity (Wildman–Crippen MR) is 73.7 cm³/mol. The van der Waals surface area contributed by atoms with Crippen molar-refractivity contribution in [2.75, 3.05) is 0 Å². The van der Waals surface area contributed by atoms with Gasteiger partial charge >= 0.3 is 0 Å². The number of thioether (sulfide) groups is 1. The average molecular weight is 259 g/mol. The zero-order chi connectivity index (χ0) is 12.8. The molecule has 92 valence electrons. The zero-order valence-corrected chi connectivity index (χ0v) is 11.0. The lowest BCUT2D eigenvalue weighted by atomic mass is 10.2. The van der Waals surface area contributed by atoms with Crippen LogP contribution >= 0.6 is 11.8 Å². The molecule has 1 heterocycles. The van der Waals surface area contributed by atoms with Crippen LogP contribution in [0, 0.1) is 0 Å². The van der Waals surface area contributed by atoms with Crippen molar-refractivity contribution in [3.8, 4) is 0 Å². The first-order valence-corrected chi connectivity index (χ1v) is 6.63. The van der Waals surface area contributed by atoms with Gasteiger partial charge in [-0.15, -0.1) is 0 Å². The highest BCUT2D eigenvalue weighted by Gasteiger charge is 2.14. The molecule has 0 aliphatic rings. The fourth-order valence-corrected chi connectivity index (χ4v) is 2.54. The minimum absolute atomic E-state index is 0.627. The monoisotopic (exact) mass is 259 g/mol. The van der Waals surface area contributed by atoms with E-state index in [1.54, 1.807) is 0 Å². The van der Waals surface area contributed by atoms with E-state index in [-0.39, 0.29) is 0 Å². The third-order valence-corrected chi connectivity index (χ3v) is 3.63. The van der Waals surface area contributed by atoms with Crippen molar-refractivity contribution < 1.29 is 9.77 Å². The first kappa shape index (κ1) is 12.6. The lowest BCUT2D eigenvalue weighted by Crippen LogP contribution is -2.34. The van der Waals surface area contributed by atoms with Crippen LogP contribution < -0.4 is 4.57 Å². The Balaban J connectivity index is 2.10. The summed E-state index contributed by atoms with van der Waals surface area (Å²) in [7, 11) is 1.93. The summed E-state index contributed by atoms with van der Waals surface area (Å²) >= 11 is 1.52. The van der Waals surface area contributed by atoms with Gasteiger partial charge in [0.2, 0.25) is 10.7 Å². The first-order chi connectivity index (χ1) is 8.81. The summed E-state index contributed by atoms with van der Waals surface area (Å²) in [6.07, 6.45) is 1.93. The smallest absolute Gasteiger partial charge is 0.240 e. The molecule has 1 aromatic heterocycles. The molecule has 2 aromatic rings. The quantitative estimate of drug-likeness (QED) is 0.302. The highest BCUT2D eigenvalue weighted by molar-refractivity contribution is 8.13. The van der Waals surface area contributed by atoms with Crippen LogP contribution in [-0.4, -0.2) is 10.3 Å². The number of nitrogens with zero attached hydrogens (tertiary/aromatic N) is 2. The second kappa shape index (κ2) is 6.21. The molecule has 0 saturated carbocycles. The van der Waals surface area contributed by atoms with Gasteiger partial charge in [0, 0.05) is 17.9 Å². The van der Waals surface area contributed by atoms with Gasteiger partial charge in [0.1, 0.15) is 7.05 Å². The Kier molecular flexibility index (Phi) is 4.36. The second-order valence-electron chi connectivity index (χ2n) is 3.88. The van der Waals surface area contributed by atoms with E-state index < -0.39 is 0 Å². The molecule has 3 nitrogen and oxygen atoms in total. The van der Waals surface area contributed by atoms with Crippen LogP contribution in [0.25, 0.3) is 0 Å². The minimum atomic E-state index is 0.627. The Morgan fingerprint density at radius 3 is 2.56 bits per heavy atom. The SMILES string of the molecule is C[n+]1ccccc1C(=NO)SCc1ccccc1. The molecule has 0 aliphatic carbocycles. The molecule has 0 amide bonds. The summed E-state index contributed by atoms with van der Waals surface area (Å²) in [5, 5.41) is 13.2. The number of benzene rings is 1. The number of hydrogen-bond donors (Lipinski definition) is 1. The van der Waals surface area contributed by atoms with Crippen LogP contribution in [0.15, 0.2) is 59.9 Å². The molecule has 18 heavy (non-hydrogen) atoms. The molecule has 0 aliphatic heterocycles. The lowest BCUT2D eigenvalue weighted by Gasteiger charge is -2.02. The van der Waals surface area contributed by atoms with Crippen molar-refractivity contribution >= 4 is 16.8 Å². The van der Waals surface area contributed by atoms with E-state index in [1.165, 1.54) is 17.3 Å². The van der Waals surface area contributed by atoms with E-state index in [4.69, 9.17) is 5.21 Å². The summed E-state index contributed by atoms with van der Waals surface area (Å²) in [5.41, 5.74) is 2.11. The van der Waals surface area contributed by atoms with Gasteiger partial charge in [0.05, 0.1) is 0 Å². The standard InChI is InChI=1S/C14H14N2OS/c1-16-10-6-5-9-13(16)14(15-17)18-11-12-7-3-2-4-8-12/h2-10H,11H2,1H3/p+1. The van der Waals surface area contributed by atoms with E-state index in [1.807, 2.05) is 54.2 Å². The fourth-order valence-electron chi connectivity index (χ4n) is 1.63. The van der Waals surface area contributed by atoms with E-state index in [0.29, 0.717) is 5.04 Å². The maximum absolute atomic E-state index is 9.14. The number of pyridine rings is 1. The summed E-state index contributed by atoms with van der Waals surface area (Å²) < 4.78 is 1.94. The molecule has 1 aromatic carbocycles. The summed E-state index contributed by atoms with van der Waals surface area (Å²) in [6, 6.07) is 16.0. The zero-order valence-electron chi connectivity index (χ0n) is 10.2. The van der Waals surface area contributed by atoms with Crippen molar-refractivity contribution in [2.24, 2.45) is 12.2 Å². The minimum Gasteiger partial charge on any atom is -0.410 e. The lowest BCUT2D eigenvalue weighted by molar-refractivity contribution is -0.672. The largest absolute Gasteiger partial charge is 0.410 e. The van der Waals surface area contributed by atoms with Crippen LogP contribution in [0.4, 0.5) is 0 Å². The van der Waals surface area contributed by atoms with E-state index in [0.717, 1.165) is 11.4 Å². The van der Waals surface area contributed by atoms with E-state index >= 15 is 0 Å². The van der Waals surface area contributed by atoms with Crippen molar-refractivity contribution in [3.05, 3.63) is 66.0 Å². The fraction of sp³-hybridized carbons (Fsp3) is 0.143. The second-order valence-corrected chi connectivity index (χ2v) is 4.84. The van der Waals surface area contributed by atoms with Crippen molar-refractivity contribution in [3.63, 3.8) is 0 Å². The van der Waals surface area contributed by atoms with Gasteiger partial charge in [0.15, 0.2) is 6.20 Å². The molecule has 0 unspecified atom stereocenters. The topological polar surface area (TPSA) is 36.5 Å². The summed E-state index contributed by atoms with van der Waals surface area (Å²) in [5.74, 6) is 0.787. The molecule has 0 saturated heterocycles. The van der Waals surface area contributed by atoms with Gasteiger partial charge in [0.25, 0.3) is 0 Å². The molecule has 1 N–H and O–H groups in total. The molecule has 0 fully saturated rings. The number of rotatable bonds is 3. The van der Waals surface area contributed by atoms with Crippen LogP contribution in [0.1, 0.15) is 11.3 Å². The van der Waals surface area contributed by atoms with Crippen molar-refractivity contribution in [1.82, 2.24) is 0 Å². The van der Waals surface area contributed by atoms with Crippen LogP contribution in [0.2, 0.25) is 0 Å². The summed E-state index contributed by atoms with van der Waals surface area (Å²) in [6.45, 7) is 0. The Morgan fingerprint density at radius 1 is 1.17 bits per heavy atom. The maximum Gasteiger partial charge on any atom is 0.240 e. The first-order valence-electron chi connectivity index (χ1n) is 5.65. The van der Waals surface area contributed by atoms with Gasteiger partial charge in [-0.1, -0.05) is 47.2 Å². The van der Waals surface area contributed by atoms with Crippen molar-refractivity contribution in [1.29, 1.82) is 0 Å². The predicted octanol–water partition coefficient (Wildman–Crippen LogP) is 2.58. The normalized spacial score (nSPS) is 11.5. The van der Waals surface area contributed by atoms with Gasteiger partial charge < -0.3 is 5.21 Å². The number of aromatic nitrogens is 1. The molecule has 0 bridgehead atoms. The van der Waals surface area contributed by atoms with E-state index in [2.05, 4.69) is 17.3 Å². The average Bonchev–Trinajstić information content (AvgIpc) is 2.42. The van der Waals surface area contributed by atoms with Crippen LogP contribution in [0.5, 0.6) is 0 Å². The Labute approximate surface area is 111 Å². The van der Waals surface area contributed by atoms with Crippen LogP contribution in [0.3, 0.4) is 0 Å². The molecule has 4 heteroatoms. The molecule has 0 atom stereocenters. The number of hydrogen-bond acceptors (Lipinski definition) is 3. The Hall–Kier alpha value is -1.81. The Morgan fingerprint density at radius 2 is 1.89 bits per heavy atom. The number of oxime groups is 1. The van der Waals surface area contributed by atoms with Crippen molar-refractivity contribution in [2.45, 2.75) is 5.75 Å². The third kappa shape index (κ3) is 3.11. The number of aryl methyl sites for hydroxylation is 1. The Bertz CT molecular complexity index is 541. The summed E-state index contributed by atoms with van der Waals surface area (Å²) in [4.78, 5) is 0. The molecule has 0 radical (unpaired) electrons. The highest BCUT2D eigenvalue weighted by atomic mass is 32.2. The molecule has 2 rings (SSSR count). The van der Waals surface area contributed by atoms with Crippen LogP contribution in [-0.2, 0) is 12.8 Å². The molecular formula is C14H15N2OS+. The van der Waals surface area contributed by atoms with Gasteiger partial charge in [-0.25, -0.2) is 0 Å². The molecule has 0 spiro atoms. The van der Waals surface area contributed by atoms with Gasteiger partial charge in [-0.2, -0.15) is 4.57 Å². The molecular weight excluding hydrogens is 244 g/mol. The van der Waals surface area contributed by atoms with Gasteiger partial charge in [-0.3, -0.25) is 0 Å². The van der Waals surface area contributed by atoms with Gasteiger partial charge in [-0.05, 0) is 11.6 Å². The third-order valence-electron chi connectivity index (χ3n) is 2.58. The maximum atomic E-state index is 9.14.